The molecule has 0 aliphatic rings. The molecule has 0 aliphatic carbocycles. The lowest BCUT2D eigenvalue weighted by Gasteiger charge is -2.26. The highest BCUT2D eigenvalue weighted by Crippen LogP contribution is 2.22. The van der Waals surface area contributed by atoms with E-state index in [1.54, 1.807) is 43.5 Å². The van der Waals surface area contributed by atoms with Crippen molar-refractivity contribution in [2.24, 2.45) is 5.92 Å². The number of ether oxygens (including phenoxy) is 1. The van der Waals surface area contributed by atoms with Gasteiger partial charge in [0.2, 0.25) is 0 Å². The maximum Gasteiger partial charge on any atom is 0.200 e. The van der Waals surface area contributed by atoms with Crippen LogP contribution in [-0.2, 0) is 22.1 Å². The van der Waals surface area contributed by atoms with E-state index in [4.69, 9.17) is 4.74 Å². The van der Waals surface area contributed by atoms with Crippen LogP contribution in [0.4, 0.5) is 0 Å². The number of pyridine rings is 1. The van der Waals surface area contributed by atoms with Gasteiger partial charge in [0.15, 0.2) is 14.9 Å². The molecule has 0 saturated carbocycles. The number of rotatable bonds is 8. The Kier molecular flexibility index (Phi) is 6.75. The van der Waals surface area contributed by atoms with Crippen LogP contribution in [0.3, 0.4) is 0 Å². The van der Waals surface area contributed by atoms with Crippen LogP contribution in [0.2, 0.25) is 0 Å². The second-order valence-corrected chi connectivity index (χ2v) is 8.56. The van der Waals surface area contributed by atoms with Crippen LogP contribution < -0.4 is 4.74 Å². The SMILES string of the molecule is COc1ccc(CS(=O)(=O)c2ncccc2CN(O)C(C)C(C)C)cc1. The molecule has 0 bridgehead atoms. The average molecular weight is 378 g/mol. The van der Waals surface area contributed by atoms with Gasteiger partial charge in [0, 0.05) is 17.8 Å². The molecule has 0 amide bonds. The first-order chi connectivity index (χ1) is 12.2. The summed E-state index contributed by atoms with van der Waals surface area (Å²) < 4.78 is 30.8. The van der Waals surface area contributed by atoms with Crippen LogP contribution in [-0.4, -0.2) is 36.8 Å². The normalized spacial score (nSPS) is 13.2. The van der Waals surface area contributed by atoms with Gasteiger partial charge < -0.3 is 9.94 Å². The van der Waals surface area contributed by atoms with Gasteiger partial charge in [0.05, 0.1) is 19.4 Å². The van der Waals surface area contributed by atoms with Gasteiger partial charge in [-0.05, 0) is 36.6 Å². The Balaban J connectivity index is 2.26. The number of nitrogens with zero attached hydrogens (tertiary/aromatic N) is 2. The molecular weight excluding hydrogens is 352 g/mol. The summed E-state index contributed by atoms with van der Waals surface area (Å²) in [4.78, 5) is 4.09. The molecule has 7 heteroatoms. The minimum Gasteiger partial charge on any atom is -0.497 e. The zero-order chi connectivity index (χ0) is 19.3. The number of hydroxylamine groups is 2. The van der Waals surface area contributed by atoms with Gasteiger partial charge in [0.25, 0.3) is 0 Å². The highest BCUT2D eigenvalue weighted by atomic mass is 32.2. The fourth-order valence-electron chi connectivity index (χ4n) is 2.50. The van der Waals surface area contributed by atoms with Crippen molar-refractivity contribution in [2.45, 2.75) is 44.1 Å². The summed E-state index contributed by atoms with van der Waals surface area (Å²) in [6.45, 7) is 5.99. The number of sulfone groups is 1. The fourth-order valence-corrected chi connectivity index (χ4v) is 4.02. The van der Waals surface area contributed by atoms with E-state index in [-0.39, 0.29) is 29.3 Å². The molecule has 1 N–H and O–H groups in total. The molecule has 0 fully saturated rings. The second-order valence-electron chi connectivity index (χ2n) is 6.66. The summed E-state index contributed by atoms with van der Waals surface area (Å²) in [7, 11) is -2.08. The quantitative estimate of drug-likeness (QED) is 0.710. The molecule has 2 rings (SSSR count). The third kappa shape index (κ3) is 5.03. The third-order valence-electron chi connectivity index (χ3n) is 4.43. The van der Waals surface area contributed by atoms with E-state index in [0.29, 0.717) is 16.9 Å². The van der Waals surface area contributed by atoms with Crippen molar-refractivity contribution in [1.82, 2.24) is 10.0 Å². The van der Waals surface area contributed by atoms with Gasteiger partial charge in [-0.2, -0.15) is 5.06 Å². The Morgan fingerprint density at radius 2 is 1.81 bits per heavy atom. The molecule has 142 valence electrons. The first kappa shape index (κ1) is 20.4. The van der Waals surface area contributed by atoms with Gasteiger partial charge in [-0.15, -0.1) is 0 Å². The highest BCUT2D eigenvalue weighted by Gasteiger charge is 2.24. The van der Waals surface area contributed by atoms with E-state index in [1.807, 2.05) is 20.8 Å². The Morgan fingerprint density at radius 3 is 2.38 bits per heavy atom. The molecule has 0 spiro atoms. The number of aromatic nitrogens is 1. The summed E-state index contributed by atoms with van der Waals surface area (Å²) in [6, 6.07) is 10.1. The standard InChI is InChI=1S/C19H26N2O4S/c1-14(2)15(3)21(22)12-17-6-5-11-20-19(17)26(23,24)13-16-7-9-18(25-4)10-8-16/h5-11,14-15,22H,12-13H2,1-4H3. The molecule has 0 saturated heterocycles. The molecule has 0 aliphatic heterocycles. The van der Waals surface area contributed by atoms with E-state index in [0.717, 1.165) is 5.06 Å². The lowest BCUT2D eigenvalue weighted by molar-refractivity contribution is -0.141. The van der Waals surface area contributed by atoms with Crippen LogP contribution in [0.5, 0.6) is 5.75 Å². The average Bonchev–Trinajstić information content (AvgIpc) is 2.61. The Hall–Kier alpha value is -1.96. The number of hydrogen-bond donors (Lipinski definition) is 1. The maximum absolute atomic E-state index is 12.9. The van der Waals surface area contributed by atoms with Crippen molar-refractivity contribution in [2.75, 3.05) is 7.11 Å². The molecule has 6 nitrogen and oxygen atoms in total. The highest BCUT2D eigenvalue weighted by molar-refractivity contribution is 7.90. The third-order valence-corrected chi connectivity index (χ3v) is 6.10. The van der Waals surface area contributed by atoms with E-state index >= 15 is 0 Å². The monoisotopic (exact) mass is 378 g/mol. The number of hydrogen-bond acceptors (Lipinski definition) is 6. The summed E-state index contributed by atoms with van der Waals surface area (Å²) in [5.74, 6) is 0.742. The van der Waals surface area contributed by atoms with Crippen LogP contribution in [0.25, 0.3) is 0 Å². The van der Waals surface area contributed by atoms with Gasteiger partial charge in [0.1, 0.15) is 5.75 Å². The minimum absolute atomic E-state index is 0.00539. The summed E-state index contributed by atoms with van der Waals surface area (Å²) in [5.41, 5.74) is 1.13. The molecule has 1 aromatic heterocycles. The van der Waals surface area contributed by atoms with E-state index in [2.05, 4.69) is 4.98 Å². The molecule has 26 heavy (non-hydrogen) atoms. The number of benzene rings is 1. The molecule has 2 aromatic rings. The molecule has 1 heterocycles. The topological polar surface area (TPSA) is 79.7 Å². The Labute approximate surface area is 155 Å². The Bertz CT molecular complexity index is 820. The largest absolute Gasteiger partial charge is 0.497 e. The molecule has 1 unspecified atom stereocenters. The van der Waals surface area contributed by atoms with Crippen LogP contribution in [0.1, 0.15) is 31.9 Å². The van der Waals surface area contributed by atoms with E-state index < -0.39 is 9.84 Å². The summed E-state index contributed by atoms with van der Waals surface area (Å²) in [5, 5.41) is 11.4. The minimum atomic E-state index is -3.64. The fraction of sp³-hybridized carbons (Fsp3) is 0.421. The summed E-state index contributed by atoms with van der Waals surface area (Å²) in [6.07, 6.45) is 1.46. The van der Waals surface area contributed by atoms with Crippen molar-refractivity contribution >= 4 is 9.84 Å². The van der Waals surface area contributed by atoms with Crippen molar-refractivity contribution in [3.05, 3.63) is 53.7 Å². The van der Waals surface area contributed by atoms with E-state index in [9.17, 15) is 13.6 Å². The number of methoxy groups -OCH3 is 1. The molecule has 1 atom stereocenters. The van der Waals surface area contributed by atoms with Crippen molar-refractivity contribution in [3.63, 3.8) is 0 Å². The summed E-state index contributed by atoms with van der Waals surface area (Å²) >= 11 is 0. The maximum atomic E-state index is 12.9. The smallest absolute Gasteiger partial charge is 0.200 e. The second kappa shape index (κ2) is 8.62. The van der Waals surface area contributed by atoms with E-state index in [1.165, 1.54) is 6.20 Å². The van der Waals surface area contributed by atoms with Gasteiger partial charge in [-0.1, -0.05) is 32.0 Å². The lowest BCUT2D eigenvalue weighted by Crippen LogP contribution is -2.33. The van der Waals surface area contributed by atoms with Crippen LogP contribution in [0, 0.1) is 5.92 Å². The first-order valence-electron chi connectivity index (χ1n) is 8.49. The zero-order valence-electron chi connectivity index (χ0n) is 15.6. The molecular formula is C19H26N2O4S. The first-order valence-corrected chi connectivity index (χ1v) is 10.1. The lowest BCUT2D eigenvalue weighted by atomic mass is 10.1. The van der Waals surface area contributed by atoms with Crippen LogP contribution >= 0.6 is 0 Å². The molecule has 1 aromatic carbocycles. The molecule has 0 radical (unpaired) electrons. The van der Waals surface area contributed by atoms with Gasteiger partial charge >= 0.3 is 0 Å². The van der Waals surface area contributed by atoms with Crippen molar-refractivity contribution < 1.29 is 18.4 Å². The predicted molar refractivity (Wildman–Crippen MR) is 99.8 cm³/mol. The van der Waals surface area contributed by atoms with Crippen molar-refractivity contribution in [1.29, 1.82) is 0 Å². The van der Waals surface area contributed by atoms with Crippen molar-refractivity contribution in [3.8, 4) is 5.75 Å². The Morgan fingerprint density at radius 1 is 1.15 bits per heavy atom. The van der Waals surface area contributed by atoms with Gasteiger partial charge in [-0.3, -0.25) is 0 Å². The zero-order valence-corrected chi connectivity index (χ0v) is 16.4. The van der Waals surface area contributed by atoms with Gasteiger partial charge in [-0.25, -0.2) is 13.4 Å². The predicted octanol–water partition coefficient (Wildman–Crippen LogP) is 3.30. The van der Waals surface area contributed by atoms with Crippen LogP contribution in [0.15, 0.2) is 47.6 Å².